The number of aryl methyl sites for hydroxylation is 1. The number of carbonyl (C=O) groups excluding carboxylic acids is 3. The van der Waals surface area contributed by atoms with Gasteiger partial charge in [0, 0.05) is 44.7 Å². The molecule has 0 saturated carbocycles. The number of benzene rings is 2. The van der Waals surface area contributed by atoms with Crippen LogP contribution in [0.25, 0.3) is 22.3 Å². The second-order valence-electron chi connectivity index (χ2n) is 14.5. The van der Waals surface area contributed by atoms with Crippen molar-refractivity contribution in [1.82, 2.24) is 24.3 Å². The Bertz CT molecular complexity index is 1880. The summed E-state index contributed by atoms with van der Waals surface area (Å²) in [5.41, 5.74) is 3.35. The number of likely N-dealkylation sites (tertiary alicyclic amines) is 1. The van der Waals surface area contributed by atoms with E-state index in [-0.39, 0.29) is 30.7 Å². The number of hydrogen-bond acceptors (Lipinski definition) is 10. The van der Waals surface area contributed by atoms with E-state index in [1.165, 1.54) is 12.0 Å². The summed E-state index contributed by atoms with van der Waals surface area (Å²) in [7, 11) is 3.07. The van der Waals surface area contributed by atoms with Crippen molar-refractivity contribution in [3.63, 3.8) is 0 Å². The number of amides is 2. The number of esters is 1. The largest absolute Gasteiger partial charge is 0.467 e. The van der Waals surface area contributed by atoms with Crippen LogP contribution < -0.4 is 5.32 Å². The van der Waals surface area contributed by atoms with Gasteiger partial charge in [-0.05, 0) is 51.5 Å². The molecule has 0 bridgehead atoms. The molecule has 2 atom stereocenters. The van der Waals surface area contributed by atoms with Crippen LogP contribution in [0, 0.1) is 12.3 Å². The van der Waals surface area contributed by atoms with Gasteiger partial charge in [-0.3, -0.25) is 4.90 Å². The predicted octanol–water partition coefficient (Wildman–Crippen LogP) is 5.65. The molecular formula is C38H46N6O7. The number of aromatic nitrogens is 3. The van der Waals surface area contributed by atoms with Crippen LogP contribution in [0.15, 0.2) is 66.7 Å². The maximum atomic E-state index is 13.1. The summed E-state index contributed by atoms with van der Waals surface area (Å²) in [5.74, 6) is 0.945. The van der Waals surface area contributed by atoms with Crippen LogP contribution in [0.1, 0.15) is 38.6 Å². The molecule has 13 nitrogen and oxygen atoms in total. The SMILES string of the molecule is COC(=O)[C@@H]1C[C@H](Nc2cccc(-c3cccc4nc(C)n(CC5(CN(C)C(=O)OC(C)(C)C)COC5)c34)n2)CN1C(=O)OCc1ccccc1. The lowest BCUT2D eigenvalue weighted by atomic mass is 9.85. The quantitative estimate of drug-likeness (QED) is 0.163. The molecule has 1 N–H and O–H groups in total. The maximum absolute atomic E-state index is 13.1. The minimum Gasteiger partial charge on any atom is -0.467 e. The Morgan fingerprint density at radius 2 is 1.76 bits per heavy atom. The van der Waals surface area contributed by atoms with Crippen molar-refractivity contribution >= 4 is 35.0 Å². The second-order valence-corrected chi connectivity index (χ2v) is 14.5. The van der Waals surface area contributed by atoms with Gasteiger partial charge in [-0.15, -0.1) is 0 Å². The zero-order valence-electron chi connectivity index (χ0n) is 30.0. The summed E-state index contributed by atoms with van der Waals surface area (Å²) in [6, 6.07) is 20.0. The highest BCUT2D eigenvalue weighted by molar-refractivity contribution is 5.92. The van der Waals surface area contributed by atoms with Crippen molar-refractivity contribution in [1.29, 1.82) is 0 Å². The fourth-order valence-corrected chi connectivity index (χ4v) is 6.75. The van der Waals surface area contributed by atoms with Gasteiger partial charge in [-0.25, -0.2) is 24.4 Å². The fourth-order valence-electron chi connectivity index (χ4n) is 6.75. The summed E-state index contributed by atoms with van der Waals surface area (Å²) in [6.07, 6.45) is -0.618. The second kappa shape index (κ2) is 14.6. The highest BCUT2D eigenvalue weighted by Crippen LogP contribution is 2.36. The molecule has 0 spiro atoms. The Hall–Kier alpha value is -5.17. The third-order valence-electron chi connectivity index (χ3n) is 9.14. The summed E-state index contributed by atoms with van der Waals surface area (Å²) in [4.78, 5) is 51.6. The molecule has 2 aromatic heterocycles. The smallest absolute Gasteiger partial charge is 0.410 e. The minimum absolute atomic E-state index is 0.0992. The highest BCUT2D eigenvalue weighted by atomic mass is 16.6. The normalized spacial score (nSPS) is 18.2. The third-order valence-corrected chi connectivity index (χ3v) is 9.14. The highest BCUT2D eigenvalue weighted by Gasteiger charge is 2.43. The van der Waals surface area contributed by atoms with E-state index in [1.54, 1.807) is 11.9 Å². The Balaban J connectivity index is 1.21. The van der Waals surface area contributed by atoms with Crippen molar-refractivity contribution in [2.24, 2.45) is 5.41 Å². The van der Waals surface area contributed by atoms with Gasteiger partial charge in [0.25, 0.3) is 0 Å². The van der Waals surface area contributed by atoms with E-state index in [9.17, 15) is 14.4 Å². The lowest BCUT2D eigenvalue weighted by molar-refractivity contribution is -0.145. The van der Waals surface area contributed by atoms with E-state index in [2.05, 4.69) is 9.88 Å². The van der Waals surface area contributed by atoms with Gasteiger partial charge in [0.05, 0.1) is 42.5 Å². The number of ether oxygens (including phenoxy) is 4. The Labute approximate surface area is 297 Å². The number of anilines is 1. The van der Waals surface area contributed by atoms with Crippen LogP contribution in [-0.4, -0.2) is 101 Å². The molecule has 0 radical (unpaired) electrons. The topological polar surface area (TPSA) is 137 Å². The van der Waals surface area contributed by atoms with Crippen LogP contribution >= 0.6 is 0 Å². The molecule has 4 heterocycles. The number of nitrogens with zero attached hydrogens (tertiary/aromatic N) is 5. The minimum atomic E-state index is -0.790. The molecule has 0 aliphatic carbocycles. The molecule has 13 heteroatoms. The van der Waals surface area contributed by atoms with Crippen molar-refractivity contribution < 1.29 is 33.3 Å². The Kier molecular flexibility index (Phi) is 10.2. The molecule has 2 aliphatic rings. The molecule has 270 valence electrons. The van der Waals surface area contributed by atoms with Crippen molar-refractivity contribution in [3.8, 4) is 11.3 Å². The number of imidazole rings is 1. The monoisotopic (exact) mass is 698 g/mol. The number of fused-ring (bicyclic) bond motifs is 1. The van der Waals surface area contributed by atoms with E-state index in [1.807, 2.05) is 94.4 Å². The average molecular weight is 699 g/mol. The van der Waals surface area contributed by atoms with Gasteiger partial charge >= 0.3 is 18.2 Å². The Morgan fingerprint density at radius 3 is 2.45 bits per heavy atom. The first kappa shape index (κ1) is 35.6. The van der Waals surface area contributed by atoms with E-state index in [0.717, 1.165) is 33.7 Å². The molecule has 2 amide bonds. The number of pyridine rings is 1. The summed E-state index contributed by atoms with van der Waals surface area (Å²) < 4.78 is 24.1. The van der Waals surface area contributed by atoms with Gasteiger partial charge in [0.1, 0.15) is 29.9 Å². The zero-order valence-corrected chi connectivity index (χ0v) is 30.0. The van der Waals surface area contributed by atoms with Gasteiger partial charge in [0.2, 0.25) is 0 Å². The molecule has 4 aromatic rings. The summed E-state index contributed by atoms with van der Waals surface area (Å²) >= 11 is 0. The van der Waals surface area contributed by atoms with Crippen LogP contribution in [0.2, 0.25) is 0 Å². The molecule has 2 aliphatic heterocycles. The van der Waals surface area contributed by atoms with E-state index in [0.29, 0.717) is 38.5 Å². The van der Waals surface area contributed by atoms with Gasteiger partial charge < -0.3 is 33.7 Å². The number of methoxy groups -OCH3 is 1. The molecular weight excluding hydrogens is 652 g/mol. The van der Waals surface area contributed by atoms with Crippen LogP contribution in [0.3, 0.4) is 0 Å². The first-order chi connectivity index (χ1) is 24.3. The standard InChI is InChI=1S/C38H46N6O7/c1-25-39-30-16-10-14-28(33(30)44(25)22-38(23-49-24-38)21-42(5)35(46)51-37(2,3)4)29-15-11-17-32(41-29)40-27-18-31(34(45)48-6)43(19-27)36(47)50-20-26-12-8-7-9-13-26/h7-17,27,31H,18-24H2,1-6H3,(H,40,41)/t27-,31-/m0/s1. The van der Waals surface area contributed by atoms with Crippen LogP contribution in [0.5, 0.6) is 0 Å². The van der Waals surface area contributed by atoms with E-state index in [4.69, 9.17) is 28.9 Å². The molecule has 0 unspecified atom stereocenters. The Morgan fingerprint density at radius 1 is 1.02 bits per heavy atom. The number of rotatable bonds is 10. The van der Waals surface area contributed by atoms with Crippen molar-refractivity contribution in [3.05, 3.63) is 78.1 Å². The summed E-state index contributed by atoms with van der Waals surface area (Å²) in [6.45, 7) is 9.94. The number of nitrogens with one attached hydrogen (secondary N) is 1. The average Bonchev–Trinajstić information content (AvgIpc) is 3.65. The molecule has 2 fully saturated rings. The molecule has 6 rings (SSSR count). The molecule has 2 aromatic carbocycles. The van der Waals surface area contributed by atoms with E-state index >= 15 is 0 Å². The van der Waals surface area contributed by atoms with Crippen LogP contribution in [-0.2, 0) is 36.9 Å². The predicted molar refractivity (Wildman–Crippen MR) is 191 cm³/mol. The third kappa shape index (κ3) is 8.09. The van der Waals surface area contributed by atoms with E-state index < -0.39 is 23.7 Å². The van der Waals surface area contributed by atoms with Gasteiger partial charge in [0.15, 0.2) is 0 Å². The first-order valence-electron chi connectivity index (χ1n) is 17.1. The molecule has 51 heavy (non-hydrogen) atoms. The van der Waals surface area contributed by atoms with Gasteiger partial charge in [-0.2, -0.15) is 0 Å². The lowest BCUT2D eigenvalue weighted by Crippen LogP contribution is -2.54. The number of para-hydroxylation sites is 1. The van der Waals surface area contributed by atoms with Crippen molar-refractivity contribution in [2.75, 3.05) is 45.8 Å². The maximum Gasteiger partial charge on any atom is 0.410 e. The first-order valence-corrected chi connectivity index (χ1v) is 17.1. The van der Waals surface area contributed by atoms with Gasteiger partial charge in [-0.1, -0.05) is 48.5 Å². The fraction of sp³-hybridized carbons (Fsp3) is 0.447. The van der Waals surface area contributed by atoms with Crippen molar-refractivity contribution in [2.45, 2.75) is 65.0 Å². The lowest BCUT2D eigenvalue weighted by Gasteiger charge is -2.44. The zero-order chi connectivity index (χ0) is 36.3. The number of hydrogen-bond donors (Lipinski definition) is 1. The summed E-state index contributed by atoms with van der Waals surface area (Å²) in [5, 5.41) is 3.43. The van der Waals surface area contributed by atoms with Crippen LogP contribution in [0.4, 0.5) is 15.4 Å². The molecule has 2 saturated heterocycles. The number of carbonyl (C=O) groups is 3.